The van der Waals surface area contributed by atoms with Crippen LogP contribution in [0.1, 0.15) is 40.2 Å². The Bertz CT molecular complexity index is 1080. The molecule has 1 atom stereocenters. The summed E-state index contributed by atoms with van der Waals surface area (Å²) in [6.07, 6.45) is -2.56. The average Bonchev–Trinajstić information content (AvgIpc) is 3.18. The topological polar surface area (TPSA) is 88.1 Å². The van der Waals surface area contributed by atoms with E-state index in [-0.39, 0.29) is 17.5 Å². The number of nitrogens with one attached hydrogen (secondary N) is 2. The monoisotopic (exact) mass is 433 g/mol. The lowest BCUT2D eigenvalue weighted by Crippen LogP contribution is -2.40. The zero-order valence-electron chi connectivity index (χ0n) is 16.7. The first-order chi connectivity index (χ1) is 14.6. The van der Waals surface area contributed by atoms with Crippen molar-refractivity contribution in [1.29, 1.82) is 0 Å². The molecule has 1 aromatic heterocycles. The van der Waals surface area contributed by atoms with Crippen LogP contribution in [0.2, 0.25) is 0 Å². The van der Waals surface area contributed by atoms with Gasteiger partial charge in [-0.3, -0.25) is 14.6 Å². The molecule has 3 aromatic rings. The molecule has 0 aliphatic carbocycles. The largest absolute Gasteiger partial charge is 0.416 e. The summed E-state index contributed by atoms with van der Waals surface area (Å²) in [4.78, 5) is 24.3. The molecular weight excluding hydrogens is 413 g/mol. The highest BCUT2D eigenvalue weighted by Crippen LogP contribution is 2.31. The number of carbonyl (C=O) groups excluding carboxylic acids is 2. The summed E-state index contributed by atoms with van der Waals surface area (Å²) in [7, 11) is 0. The highest BCUT2D eigenvalue weighted by molar-refractivity contribution is 6.06. The number of hydrogen-bond acceptors (Lipinski definition) is 4. The molecule has 0 saturated heterocycles. The van der Waals surface area contributed by atoms with E-state index in [9.17, 15) is 22.8 Å². The van der Waals surface area contributed by atoms with Crippen LogP contribution in [0.15, 0.2) is 59.3 Å². The average molecular weight is 433 g/mol. The minimum atomic E-state index is -4.56. The molecule has 0 radical (unpaired) electrons. The van der Waals surface area contributed by atoms with Crippen molar-refractivity contribution in [3.05, 3.63) is 77.2 Å². The molecule has 3 amide bonds. The number of anilines is 1. The van der Waals surface area contributed by atoms with Crippen molar-refractivity contribution < 1.29 is 32.0 Å². The maximum Gasteiger partial charge on any atom is 0.416 e. The number of benzene rings is 2. The van der Waals surface area contributed by atoms with Crippen LogP contribution < -0.4 is 15.3 Å². The lowest BCUT2D eigenvalue weighted by Gasteiger charge is -2.11. The first-order valence-electron chi connectivity index (χ1n) is 9.35. The fraction of sp³-hybridized carbons (Fsp3) is 0.238. The molecule has 2 aromatic carbocycles. The maximum atomic E-state index is 12.9. The van der Waals surface area contributed by atoms with E-state index in [1.165, 1.54) is 23.9 Å². The molecule has 0 fully saturated rings. The smallest absolute Gasteiger partial charge is 0.308 e. The van der Waals surface area contributed by atoms with Crippen LogP contribution in [0.3, 0.4) is 0 Å². The molecule has 2 N–H and O–H groups in total. The van der Waals surface area contributed by atoms with Gasteiger partial charge in [0.15, 0.2) is 11.3 Å². The van der Waals surface area contributed by atoms with Crippen molar-refractivity contribution in [2.75, 3.05) is 5.32 Å². The highest BCUT2D eigenvalue weighted by Gasteiger charge is 2.31. The number of carbonyl (C=O) groups is 2. The Morgan fingerprint density at radius 1 is 1.16 bits per heavy atom. The predicted octanol–water partition coefficient (Wildman–Crippen LogP) is 4.05. The van der Waals surface area contributed by atoms with E-state index in [0.29, 0.717) is 12.0 Å². The summed E-state index contributed by atoms with van der Waals surface area (Å²) in [5.41, 5.74) is 0.381. The molecule has 162 valence electrons. The zero-order chi connectivity index (χ0) is 22.6. The van der Waals surface area contributed by atoms with Crippen LogP contribution in [-0.4, -0.2) is 17.2 Å². The van der Waals surface area contributed by atoms with Gasteiger partial charge in [-0.25, -0.2) is 4.79 Å². The van der Waals surface area contributed by atoms with E-state index in [0.717, 1.165) is 17.7 Å². The normalized spacial score (nSPS) is 12.3. The molecule has 0 spiro atoms. The van der Waals surface area contributed by atoms with Gasteiger partial charge in [0.2, 0.25) is 0 Å². The van der Waals surface area contributed by atoms with E-state index >= 15 is 0 Å². The zero-order valence-corrected chi connectivity index (χ0v) is 16.7. The van der Waals surface area contributed by atoms with Gasteiger partial charge in [-0.1, -0.05) is 30.3 Å². The van der Waals surface area contributed by atoms with Gasteiger partial charge in [-0.15, -0.1) is 0 Å². The molecule has 0 saturated carbocycles. The second-order valence-corrected chi connectivity index (χ2v) is 7.08. The third kappa shape index (κ3) is 5.91. The van der Waals surface area contributed by atoms with Gasteiger partial charge in [0, 0.05) is 19.0 Å². The van der Waals surface area contributed by atoms with Gasteiger partial charge >= 0.3 is 18.1 Å². The number of nitrogens with zero attached hydrogens (tertiary/aromatic N) is 2. The number of urea groups is 1. The molecule has 31 heavy (non-hydrogen) atoms. The fourth-order valence-corrected chi connectivity index (χ4v) is 2.96. The van der Waals surface area contributed by atoms with Crippen molar-refractivity contribution in [2.24, 2.45) is 0 Å². The SMILES string of the molecule is Cc1cc(NC(=O)NC(=O)c2c[n+](C(C)Cc3ccccc3)no2)cc(C(F)(F)F)c1. The van der Waals surface area contributed by atoms with Crippen molar-refractivity contribution in [3.63, 3.8) is 0 Å². The molecule has 0 bridgehead atoms. The minimum Gasteiger partial charge on any atom is -0.308 e. The first kappa shape index (κ1) is 22.0. The molecule has 0 aliphatic rings. The van der Waals surface area contributed by atoms with Crippen LogP contribution in [0.25, 0.3) is 0 Å². The molecule has 1 unspecified atom stereocenters. The number of aromatic nitrogens is 2. The van der Waals surface area contributed by atoms with E-state index in [4.69, 9.17) is 4.52 Å². The second-order valence-electron chi connectivity index (χ2n) is 7.08. The summed E-state index contributed by atoms with van der Waals surface area (Å²) in [5.74, 6) is -1.09. The fourth-order valence-electron chi connectivity index (χ4n) is 2.96. The third-order valence-corrected chi connectivity index (χ3v) is 4.42. The van der Waals surface area contributed by atoms with Crippen molar-refractivity contribution in [1.82, 2.24) is 10.6 Å². The Morgan fingerprint density at radius 3 is 2.55 bits per heavy atom. The van der Waals surface area contributed by atoms with E-state index in [1.54, 1.807) is 0 Å². The van der Waals surface area contributed by atoms with Crippen molar-refractivity contribution >= 4 is 17.6 Å². The summed E-state index contributed by atoms with van der Waals surface area (Å²) < 4.78 is 45.2. The quantitative estimate of drug-likeness (QED) is 0.594. The Kier molecular flexibility index (Phi) is 6.38. The Morgan fingerprint density at radius 2 is 1.87 bits per heavy atom. The number of aryl methyl sites for hydroxylation is 1. The molecule has 10 heteroatoms. The van der Waals surface area contributed by atoms with Gasteiger partial charge in [0.05, 0.1) is 5.56 Å². The number of alkyl halides is 3. The molecule has 7 nitrogen and oxygen atoms in total. The van der Waals surface area contributed by atoms with Crippen LogP contribution >= 0.6 is 0 Å². The molecule has 0 aliphatic heterocycles. The van der Waals surface area contributed by atoms with E-state index < -0.39 is 23.7 Å². The van der Waals surface area contributed by atoms with Gasteiger partial charge in [0.25, 0.3) is 12.0 Å². The lowest BCUT2D eigenvalue weighted by molar-refractivity contribution is -0.782. The lowest BCUT2D eigenvalue weighted by atomic mass is 10.1. The van der Waals surface area contributed by atoms with E-state index in [2.05, 4.69) is 10.6 Å². The minimum absolute atomic E-state index is 0.0956. The number of amides is 3. The standard InChI is InChI=1S/C21H19F3N4O3/c1-13-8-16(21(22,23)24)11-17(9-13)25-20(30)26-19(29)18-12-28(27-31-18)14(2)10-15-6-4-3-5-7-15/h3-9,11-12,14H,10H2,1-2H3,(H-,25,26,29,30)/p+1. The van der Waals surface area contributed by atoms with Crippen LogP contribution in [0.5, 0.6) is 0 Å². The summed E-state index contributed by atoms with van der Waals surface area (Å²) in [5, 5.41) is 8.02. The molecule has 1 heterocycles. The predicted molar refractivity (Wildman–Crippen MR) is 104 cm³/mol. The van der Waals surface area contributed by atoms with Gasteiger partial charge in [-0.05, 0) is 40.9 Å². The maximum absolute atomic E-state index is 12.9. The van der Waals surface area contributed by atoms with E-state index in [1.807, 2.05) is 42.6 Å². The Hall–Kier alpha value is -3.69. The third-order valence-electron chi connectivity index (χ3n) is 4.42. The molecule has 3 rings (SSSR count). The first-order valence-corrected chi connectivity index (χ1v) is 9.35. The highest BCUT2D eigenvalue weighted by atomic mass is 19.4. The number of halogens is 3. The van der Waals surface area contributed by atoms with Crippen molar-refractivity contribution in [3.8, 4) is 0 Å². The summed E-state index contributed by atoms with van der Waals surface area (Å²) in [6, 6.07) is 11.6. The number of hydrogen-bond donors (Lipinski definition) is 2. The van der Waals surface area contributed by atoms with Crippen LogP contribution in [0, 0.1) is 6.92 Å². The van der Waals surface area contributed by atoms with Gasteiger partial charge in [-0.2, -0.15) is 13.2 Å². The van der Waals surface area contributed by atoms with Gasteiger partial charge in [0.1, 0.15) is 0 Å². The summed E-state index contributed by atoms with van der Waals surface area (Å²) >= 11 is 0. The van der Waals surface area contributed by atoms with Gasteiger partial charge < -0.3 is 5.32 Å². The number of rotatable bonds is 5. The Balaban J connectivity index is 1.62. The second kappa shape index (κ2) is 8.99. The summed E-state index contributed by atoms with van der Waals surface area (Å²) in [6.45, 7) is 3.35. The van der Waals surface area contributed by atoms with Crippen LogP contribution in [0.4, 0.5) is 23.7 Å². The van der Waals surface area contributed by atoms with Crippen molar-refractivity contribution in [2.45, 2.75) is 32.5 Å². The molecular formula is C21H20F3N4O3+. The van der Waals surface area contributed by atoms with Crippen LogP contribution in [-0.2, 0) is 12.6 Å². The number of imide groups is 1. The Labute approximate surface area is 175 Å².